The second kappa shape index (κ2) is 63.0. The molecule has 0 unspecified atom stereocenters. The number of methoxy groups -OCH3 is 3. The number of aromatic nitrogens is 6. The summed E-state index contributed by atoms with van der Waals surface area (Å²) >= 11 is 0. The van der Waals surface area contributed by atoms with Gasteiger partial charge in [0.1, 0.15) is 17.2 Å². The van der Waals surface area contributed by atoms with Gasteiger partial charge < -0.3 is 42.4 Å². The van der Waals surface area contributed by atoms with E-state index in [-0.39, 0.29) is 0 Å². The molecule has 0 bridgehead atoms. The van der Waals surface area contributed by atoms with Gasteiger partial charge in [0, 0.05) is 56.8 Å². The summed E-state index contributed by atoms with van der Waals surface area (Å²) in [6, 6.07) is 30.5. The monoisotopic (exact) mass is 1530 g/mol. The summed E-state index contributed by atoms with van der Waals surface area (Å²) in [5.41, 5.74) is 3.72. The average molecular weight is 1540 g/mol. The zero-order chi connectivity index (χ0) is 79.8. The summed E-state index contributed by atoms with van der Waals surface area (Å²) in [5, 5.41) is 0. The van der Waals surface area contributed by atoms with E-state index in [0.29, 0.717) is 0 Å². The van der Waals surface area contributed by atoms with Crippen LogP contribution in [0.5, 0.6) is 17.2 Å². The van der Waals surface area contributed by atoms with Crippen LogP contribution in [0.25, 0.3) is 0 Å². The molecule has 0 N–H and O–H groups in total. The van der Waals surface area contributed by atoms with Crippen molar-refractivity contribution >= 4 is 17.8 Å². The molecule has 3 heterocycles. The topological polar surface area (TPSA) is 115 Å². The molecular formula is C96H165N12O3+3. The molecule has 0 aliphatic heterocycles. The van der Waals surface area contributed by atoms with Crippen LogP contribution in [0.2, 0.25) is 0 Å². The maximum atomic E-state index is 5.31. The maximum absolute atomic E-state index is 5.31. The van der Waals surface area contributed by atoms with Crippen LogP contribution < -0.4 is 28.9 Å². The van der Waals surface area contributed by atoms with Gasteiger partial charge in [0.05, 0.1) is 123 Å². The highest BCUT2D eigenvalue weighted by molar-refractivity contribution is 5.37. The standard InChI is InChI=1S/3C32H55N4O/c3*1-5-6-7-8-9-10-11-12-13-14-15-16-17-18-27-36(2,3)28-26-35(32-33-24-19-25-34-32)29-30-20-22-31(37-4)23-21-30/h3*19-25H,5-18,26-29H2,1-4H3/q3*+1. The van der Waals surface area contributed by atoms with Gasteiger partial charge in [-0.2, -0.15) is 0 Å². The predicted octanol–water partition coefficient (Wildman–Crippen LogP) is 24.1. The lowest BCUT2D eigenvalue weighted by molar-refractivity contribution is -0.889. The first-order valence-electron chi connectivity index (χ1n) is 45.0. The van der Waals surface area contributed by atoms with Crippen molar-refractivity contribution in [2.24, 2.45) is 0 Å². The molecule has 3 aromatic carbocycles. The average Bonchev–Trinajstić information content (AvgIpc) is 0.869. The molecule has 0 amide bonds. The van der Waals surface area contributed by atoms with Crippen molar-refractivity contribution in [2.75, 3.05) is 137 Å². The Morgan fingerprint density at radius 3 is 0.577 bits per heavy atom. The largest absolute Gasteiger partial charge is 0.497 e. The van der Waals surface area contributed by atoms with Crippen LogP contribution in [0, 0.1) is 0 Å². The van der Waals surface area contributed by atoms with Crippen LogP contribution >= 0.6 is 0 Å². The van der Waals surface area contributed by atoms with Crippen LogP contribution in [0.1, 0.15) is 307 Å². The lowest BCUT2D eigenvalue weighted by Crippen LogP contribution is -2.46. The normalized spacial score (nSPS) is 11.6. The van der Waals surface area contributed by atoms with Crippen LogP contribution in [0.3, 0.4) is 0 Å². The van der Waals surface area contributed by atoms with Gasteiger partial charge in [-0.15, -0.1) is 0 Å². The van der Waals surface area contributed by atoms with E-state index in [1.165, 1.54) is 306 Å². The lowest BCUT2D eigenvalue weighted by Gasteiger charge is -2.33. The fraction of sp³-hybridized carbons (Fsp3) is 0.688. The number of hydrogen-bond acceptors (Lipinski definition) is 12. The minimum atomic E-state index is 0.798. The number of nitrogens with zero attached hydrogens (tertiary/aromatic N) is 12. The van der Waals surface area contributed by atoms with E-state index in [4.69, 9.17) is 14.2 Å². The summed E-state index contributed by atoms with van der Waals surface area (Å²) in [5.74, 6) is 5.06. The van der Waals surface area contributed by atoms with Gasteiger partial charge in [0.2, 0.25) is 17.8 Å². The van der Waals surface area contributed by atoms with Crippen LogP contribution in [0.15, 0.2) is 128 Å². The van der Waals surface area contributed by atoms with E-state index >= 15 is 0 Å². The fourth-order valence-corrected chi connectivity index (χ4v) is 14.7. The molecule has 6 rings (SSSR count). The van der Waals surface area contributed by atoms with Crippen molar-refractivity contribution < 1.29 is 27.7 Å². The zero-order valence-corrected chi connectivity index (χ0v) is 73.4. The SMILES string of the molecule is CCCCCCCCCCCCCCCC[N+](C)(C)CCN(Cc1ccc(OC)cc1)c1ncccn1.CCCCCCCCCCCCCCCC[N+](C)(C)CCN(Cc1ccc(OC)cc1)c1ncccn1.CCCCCCCCCCCCCCCC[N+](C)(C)CCN(Cc1ccc(OC)cc1)c1ncccn1. The maximum Gasteiger partial charge on any atom is 0.225 e. The molecule has 0 aliphatic carbocycles. The van der Waals surface area contributed by atoms with Gasteiger partial charge in [0.25, 0.3) is 0 Å². The number of likely N-dealkylation sites (N-methyl/N-ethyl adjacent to an activating group) is 3. The van der Waals surface area contributed by atoms with E-state index in [1.807, 2.05) is 91.8 Å². The fourth-order valence-electron chi connectivity index (χ4n) is 14.7. The summed E-state index contributed by atoms with van der Waals surface area (Å²) in [4.78, 5) is 34.1. The Balaban J connectivity index is 0.000000351. The Labute approximate surface area is 681 Å². The molecule has 0 radical (unpaired) electrons. The molecule has 624 valence electrons. The van der Waals surface area contributed by atoms with Gasteiger partial charge in [-0.1, -0.05) is 288 Å². The smallest absolute Gasteiger partial charge is 0.225 e. The van der Waals surface area contributed by atoms with Crippen molar-refractivity contribution in [2.45, 2.75) is 310 Å². The molecule has 15 nitrogen and oxygen atoms in total. The molecule has 0 saturated heterocycles. The number of ether oxygens (including phenoxy) is 3. The summed E-state index contributed by atoms with van der Waals surface area (Å²) in [7, 11) is 19.3. The number of anilines is 3. The zero-order valence-electron chi connectivity index (χ0n) is 73.4. The second-order valence-electron chi connectivity index (χ2n) is 33.9. The summed E-state index contributed by atoms with van der Waals surface area (Å²) < 4.78 is 19.0. The summed E-state index contributed by atoms with van der Waals surface area (Å²) in [6.45, 7) is 19.0. The number of unbranched alkanes of at least 4 members (excludes halogenated alkanes) is 39. The third kappa shape index (κ3) is 49.7. The third-order valence-electron chi connectivity index (χ3n) is 22.4. The van der Waals surface area contributed by atoms with Crippen molar-refractivity contribution in [3.63, 3.8) is 0 Å². The van der Waals surface area contributed by atoms with Gasteiger partial charge in [-0.3, -0.25) is 0 Å². The van der Waals surface area contributed by atoms with Crippen molar-refractivity contribution in [3.8, 4) is 17.2 Å². The van der Waals surface area contributed by atoms with E-state index < -0.39 is 0 Å². The second-order valence-corrected chi connectivity index (χ2v) is 33.9. The van der Waals surface area contributed by atoms with Crippen molar-refractivity contribution in [1.29, 1.82) is 0 Å². The van der Waals surface area contributed by atoms with Crippen molar-refractivity contribution in [3.05, 3.63) is 145 Å². The molecule has 0 aliphatic rings. The Bertz CT molecular complexity index is 2710. The van der Waals surface area contributed by atoms with E-state index in [9.17, 15) is 0 Å². The molecule has 0 saturated carbocycles. The Kier molecular flexibility index (Phi) is 55.0. The predicted molar refractivity (Wildman–Crippen MR) is 475 cm³/mol. The van der Waals surface area contributed by atoms with Gasteiger partial charge in [0.15, 0.2) is 0 Å². The molecule has 0 fully saturated rings. The van der Waals surface area contributed by atoms with Gasteiger partial charge in [-0.25, -0.2) is 29.9 Å². The number of rotatable bonds is 66. The molecule has 3 aromatic heterocycles. The van der Waals surface area contributed by atoms with Gasteiger partial charge >= 0.3 is 0 Å². The van der Waals surface area contributed by atoms with E-state index in [2.05, 4.69) is 144 Å². The molecule has 0 atom stereocenters. The Morgan fingerprint density at radius 1 is 0.234 bits per heavy atom. The van der Waals surface area contributed by atoms with Crippen molar-refractivity contribution in [1.82, 2.24) is 29.9 Å². The van der Waals surface area contributed by atoms with Crippen LogP contribution in [-0.2, 0) is 19.6 Å². The number of benzene rings is 3. The summed E-state index contributed by atoms with van der Waals surface area (Å²) in [6.07, 6.45) is 70.3. The highest BCUT2D eigenvalue weighted by atomic mass is 16.5. The number of hydrogen-bond donors (Lipinski definition) is 0. The van der Waals surface area contributed by atoms with E-state index in [1.54, 1.807) is 21.3 Å². The quantitative estimate of drug-likeness (QED) is 0.0267. The van der Waals surface area contributed by atoms with Crippen LogP contribution in [-0.4, -0.2) is 166 Å². The minimum Gasteiger partial charge on any atom is -0.497 e. The molecule has 0 spiro atoms. The first kappa shape index (κ1) is 96.9. The highest BCUT2D eigenvalue weighted by Gasteiger charge is 2.23. The highest BCUT2D eigenvalue weighted by Crippen LogP contribution is 2.23. The number of quaternary nitrogens is 3. The molecule has 6 aromatic rings. The molecule has 15 heteroatoms. The van der Waals surface area contributed by atoms with Gasteiger partial charge in [-0.05, 0) is 110 Å². The first-order valence-corrected chi connectivity index (χ1v) is 45.0. The van der Waals surface area contributed by atoms with E-state index in [0.717, 1.165) is 107 Å². The molecule has 111 heavy (non-hydrogen) atoms. The Morgan fingerprint density at radius 2 is 0.405 bits per heavy atom. The van der Waals surface area contributed by atoms with Crippen LogP contribution in [0.4, 0.5) is 17.8 Å². The first-order chi connectivity index (χ1) is 54.1. The minimum absolute atomic E-state index is 0.798. The lowest BCUT2D eigenvalue weighted by atomic mass is 10.0. The molecular weight excluding hydrogens is 1370 g/mol. The third-order valence-corrected chi connectivity index (χ3v) is 22.4. The Hall–Kier alpha value is -6.42.